The Morgan fingerprint density at radius 2 is 1.82 bits per heavy atom. The van der Waals surface area contributed by atoms with Gasteiger partial charge in [-0.25, -0.2) is 14.8 Å². The molecule has 0 fully saturated rings. The molecule has 1 aromatic rings. The van der Waals surface area contributed by atoms with Gasteiger partial charge >= 0.3 is 6.09 Å². The lowest BCUT2D eigenvalue weighted by Gasteiger charge is -2.05. The third-order valence-corrected chi connectivity index (χ3v) is 1.87. The van der Waals surface area contributed by atoms with Crippen LogP contribution in [0.25, 0.3) is 0 Å². The molecular weight excluding hydrogens is 222 g/mol. The van der Waals surface area contributed by atoms with Gasteiger partial charge in [0.25, 0.3) is 0 Å². The first-order valence-corrected chi connectivity index (χ1v) is 5.10. The molecule has 0 atom stereocenters. The maximum atomic E-state index is 10.3. The average molecular weight is 239 g/mol. The molecule has 7 heteroatoms. The van der Waals surface area contributed by atoms with Crippen molar-refractivity contribution in [3.63, 3.8) is 0 Å². The predicted molar refractivity (Wildman–Crippen MR) is 66.0 cm³/mol. The molecule has 0 aliphatic rings. The van der Waals surface area contributed by atoms with Gasteiger partial charge in [-0.2, -0.15) is 4.99 Å². The van der Waals surface area contributed by atoms with E-state index in [0.717, 1.165) is 5.56 Å². The number of amidine groups is 1. The summed E-state index contributed by atoms with van der Waals surface area (Å²) in [7, 11) is 0. The number of aromatic nitrogens is 2. The zero-order chi connectivity index (χ0) is 13.6. The van der Waals surface area contributed by atoms with Gasteiger partial charge in [-0.1, -0.05) is 13.8 Å². The molecule has 7 nitrogen and oxygen atoms in total. The standard InChI is InChI=1S/C8H11N5O2.C2H6/c1-3-4(2)11-7(12-5(3)9)6(10)13-8(14)15;1-2/h1-2H3,(H2,10,13)(H,14,15)(H2,9,11,12);1-2H3. The lowest BCUT2D eigenvalue weighted by Crippen LogP contribution is -2.20. The minimum absolute atomic E-state index is 0.0259. The Morgan fingerprint density at radius 3 is 2.24 bits per heavy atom. The van der Waals surface area contributed by atoms with Crippen LogP contribution in [0.2, 0.25) is 0 Å². The van der Waals surface area contributed by atoms with Crippen molar-refractivity contribution < 1.29 is 9.90 Å². The highest BCUT2D eigenvalue weighted by molar-refractivity contribution is 5.99. The van der Waals surface area contributed by atoms with Gasteiger partial charge in [-0.15, -0.1) is 0 Å². The quantitative estimate of drug-likeness (QED) is 0.497. The van der Waals surface area contributed by atoms with E-state index in [0.29, 0.717) is 5.69 Å². The number of nitrogens with two attached hydrogens (primary N) is 2. The summed E-state index contributed by atoms with van der Waals surface area (Å²) in [6.07, 6.45) is -1.40. The van der Waals surface area contributed by atoms with Crippen molar-refractivity contribution in [3.8, 4) is 0 Å². The molecule has 17 heavy (non-hydrogen) atoms. The fraction of sp³-hybridized carbons (Fsp3) is 0.400. The molecule has 1 rings (SSSR count). The molecule has 0 aromatic carbocycles. The summed E-state index contributed by atoms with van der Waals surface area (Å²) in [6.45, 7) is 7.49. The molecule has 1 amide bonds. The fourth-order valence-electron chi connectivity index (χ4n) is 0.919. The number of carboxylic acid groups (broad SMARTS) is 1. The Bertz CT molecular complexity index is 419. The van der Waals surface area contributed by atoms with Crippen molar-refractivity contribution in [1.82, 2.24) is 9.97 Å². The maximum absolute atomic E-state index is 10.3. The number of amides is 1. The highest BCUT2D eigenvalue weighted by atomic mass is 16.4. The molecule has 0 aliphatic carbocycles. The number of anilines is 1. The van der Waals surface area contributed by atoms with Crippen molar-refractivity contribution in [2.24, 2.45) is 10.7 Å². The number of hydrogen-bond donors (Lipinski definition) is 3. The zero-order valence-electron chi connectivity index (χ0n) is 10.4. The highest BCUT2D eigenvalue weighted by Gasteiger charge is 2.09. The first kappa shape index (κ1) is 14.8. The van der Waals surface area contributed by atoms with E-state index >= 15 is 0 Å². The second-order valence-electron chi connectivity index (χ2n) is 2.92. The first-order valence-electron chi connectivity index (χ1n) is 5.10. The third kappa shape index (κ3) is 4.06. The van der Waals surface area contributed by atoms with Crippen LogP contribution in [0.3, 0.4) is 0 Å². The Kier molecular flexibility index (Phi) is 5.59. The van der Waals surface area contributed by atoms with Crippen LogP contribution in [0.4, 0.5) is 10.6 Å². The summed E-state index contributed by atoms with van der Waals surface area (Å²) in [5.74, 6) is 0.0244. The Balaban J connectivity index is 0.00000121. The van der Waals surface area contributed by atoms with Crippen molar-refractivity contribution in [1.29, 1.82) is 0 Å². The monoisotopic (exact) mass is 239 g/mol. The maximum Gasteiger partial charge on any atom is 0.433 e. The summed E-state index contributed by atoms with van der Waals surface area (Å²) >= 11 is 0. The normalized spacial score (nSPS) is 10.5. The minimum atomic E-state index is -1.40. The lowest BCUT2D eigenvalue weighted by molar-refractivity contribution is 0.205. The van der Waals surface area contributed by atoms with E-state index in [2.05, 4.69) is 15.0 Å². The molecule has 94 valence electrons. The molecule has 0 unspecified atom stereocenters. The average Bonchev–Trinajstić information content (AvgIpc) is 2.27. The van der Waals surface area contributed by atoms with Gasteiger partial charge in [0.1, 0.15) is 5.82 Å². The zero-order valence-corrected chi connectivity index (χ0v) is 10.4. The molecule has 1 heterocycles. The summed E-state index contributed by atoms with van der Waals surface area (Å²) < 4.78 is 0. The van der Waals surface area contributed by atoms with E-state index < -0.39 is 6.09 Å². The van der Waals surface area contributed by atoms with Gasteiger partial charge in [0, 0.05) is 11.3 Å². The van der Waals surface area contributed by atoms with E-state index in [1.165, 1.54) is 0 Å². The van der Waals surface area contributed by atoms with Gasteiger partial charge < -0.3 is 16.6 Å². The summed E-state index contributed by atoms with van der Waals surface area (Å²) in [5, 5.41) is 8.38. The number of hydrogen-bond acceptors (Lipinski definition) is 4. The molecule has 0 spiro atoms. The molecule has 0 radical (unpaired) electrons. The topological polar surface area (TPSA) is 127 Å². The van der Waals surface area contributed by atoms with Crippen LogP contribution in [0.5, 0.6) is 0 Å². The Morgan fingerprint density at radius 1 is 1.29 bits per heavy atom. The fourth-order valence-corrected chi connectivity index (χ4v) is 0.919. The van der Waals surface area contributed by atoms with Gasteiger partial charge in [-0.3, -0.25) is 0 Å². The number of nitrogens with zero attached hydrogens (tertiary/aromatic N) is 3. The summed E-state index contributed by atoms with van der Waals surface area (Å²) in [5.41, 5.74) is 12.3. The lowest BCUT2D eigenvalue weighted by atomic mass is 10.2. The van der Waals surface area contributed by atoms with Crippen LogP contribution < -0.4 is 11.5 Å². The van der Waals surface area contributed by atoms with E-state index in [1.807, 2.05) is 13.8 Å². The van der Waals surface area contributed by atoms with Gasteiger partial charge in [-0.05, 0) is 13.8 Å². The predicted octanol–water partition coefficient (Wildman–Crippen LogP) is 1.09. The summed E-state index contributed by atoms with van der Waals surface area (Å²) in [4.78, 5) is 21.2. The molecule has 0 aliphatic heterocycles. The van der Waals surface area contributed by atoms with Crippen LogP contribution in [-0.2, 0) is 0 Å². The van der Waals surface area contributed by atoms with Gasteiger partial charge in [0.15, 0.2) is 11.7 Å². The Labute approximate surface area is 99.6 Å². The smallest absolute Gasteiger partial charge is 0.433 e. The summed E-state index contributed by atoms with van der Waals surface area (Å²) in [6, 6.07) is 0. The van der Waals surface area contributed by atoms with Crippen LogP contribution in [0.1, 0.15) is 30.9 Å². The van der Waals surface area contributed by atoms with Crippen LogP contribution in [0.15, 0.2) is 4.99 Å². The van der Waals surface area contributed by atoms with Gasteiger partial charge in [0.2, 0.25) is 0 Å². The van der Waals surface area contributed by atoms with Gasteiger partial charge in [0.05, 0.1) is 0 Å². The number of nitrogen functional groups attached to an aromatic ring is 1. The van der Waals surface area contributed by atoms with Crippen molar-refractivity contribution in [2.75, 3.05) is 5.73 Å². The number of aryl methyl sites for hydroxylation is 1. The van der Waals surface area contributed by atoms with E-state index in [-0.39, 0.29) is 17.5 Å². The molecule has 0 saturated carbocycles. The minimum Gasteiger partial charge on any atom is -0.463 e. The molecule has 0 saturated heterocycles. The third-order valence-electron chi connectivity index (χ3n) is 1.87. The van der Waals surface area contributed by atoms with Crippen LogP contribution in [0, 0.1) is 13.8 Å². The van der Waals surface area contributed by atoms with E-state index in [1.54, 1.807) is 13.8 Å². The second kappa shape index (κ2) is 6.41. The van der Waals surface area contributed by atoms with Crippen molar-refractivity contribution in [2.45, 2.75) is 27.7 Å². The van der Waals surface area contributed by atoms with Crippen molar-refractivity contribution >= 4 is 17.7 Å². The van der Waals surface area contributed by atoms with Crippen molar-refractivity contribution in [3.05, 3.63) is 17.1 Å². The first-order chi connectivity index (χ1) is 7.91. The molecule has 5 N–H and O–H groups in total. The highest BCUT2D eigenvalue weighted by Crippen LogP contribution is 2.10. The Hall–Kier alpha value is -2.18. The number of rotatable bonds is 1. The molecule has 1 aromatic heterocycles. The van der Waals surface area contributed by atoms with Crippen LogP contribution >= 0.6 is 0 Å². The largest absolute Gasteiger partial charge is 0.463 e. The molecular formula is C10H17N5O2. The number of aliphatic imine (C=N–C) groups is 1. The number of carbonyl (C=O) groups is 1. The second-order valence-corrected chi connectivity index (χ2v) is 2.92. The van der Waals surface area contributed by atoms with Crippen LogP contribution in [-0.4, -0.2) is 27.0 Å². The molecule has 0 bridgehead atoms. The van der Waals surface area contributed by atoms with E-state index in [4.69, 9.17) is 16.6 Å². The SMILES string of the molecule is CC.Cc1nc(/C(N)=N/C(=O)O)nc(N)c1C. The van der Waals surface area contributed by atoms with E-state index in [9.17, 15) is 4.79 Å².